The first kappa shape index (κ1) is 19.2. The highest BCUT2D eigenvalue weighted by atomic mass is 16.4. The van der Waals surface area contributed by atoms with E-state index in [4.69, 9.17) is 9.68 Å². The second-order valence-electron chi connectivity index (χ2n) is 6.96. The molecule has 0 fully saturated rings. The van der Waals surface area contributed by atoms with Crippen LogP contribution in [0.5, 0.6) is 0 Å². The first-order valence-corrected chi connectivity index (χ1v) is 9.39. The molecule has 4 rings (SSSR count). The summed E-state index contributed by atoms with van der Waals surface area (Å²) in [6.07, 6.45) is 3.76. The average Bonchev–Trinajstić information content (AvgIpc) is 3.34. The zero-order valence-corrected chi connectivity index (χ0v) is 16.6. The number of rotatable bonds is 5. The van der Waals surface area contributed by atoms with Crippen LogP contribution < -0.4 is 5.32 Å². The third-order valence-corrected chi connectivity index (χ3v) is 4.63. The fourth-order valence-electron chi connectivity index (χ4n) is 3.00. The van der Waals surface area contributed by atoms with Crippen LogP contribution in [0.15, 0.2) is 65.3 Å². The zero-order chi connectivity index (χ0) is 21.1. The van der Waals surface area contributed by atoms with Crippen LogP contribution in [-0.4, -0.2) is 20.7 Å². The van der Waals surface area contributed by atoms with Crippen molar-refractivity contribution >= 4 is 11.6 Å². The molecule has 0 unspecified atom stereocenters. The molecular weight excluding hydrogens is 378 g/mol. The van der Waals surface area contributed by atoms with E-state index in [0.717, 1.165) is 22.6 Å². The number of hydrogen-bond donors (Lipinski definition) is 1. The summed E-state index contributed by atoms with van der Waals surface area (Å²) in [5.74, 6) is 1.03. The molecule has 0 radical (unpaired) electrons. The van der Waals surface area contributed by atoms with E-state index in [-0.39, 0.29) is 5.91 Å². The maximum atomic E-state index is 12.4. The van der Waals surface area contributed by atoms with E-state index < -0.39 is 0 Å². The molecule has 0 saturated heterocycles. The molecule has 7 nitrogen and oxygen atoms in total. The summed E-state index contributed by atoms with van der Waals surface area (Å²) in [6.45, 7) is 4.42. The molecule has 1 N–H and O–H groups in total. The average molecular weight is 397 g/mol. The van der Waals surface area contributed by atoms with Gasteiger partial charge in [0.1, 0.15) is 11.5 Å². The molecule has 0 saturated carbocycles. The summed E-state index contributed by atoms with van der Waals surface area (Å²) in [4.78, 5) is 17.0. The van der Waals surface area contributed by atoms with E-state index in [1.807, 2.05) is 42.9 Å². The van der Waals surface area contributed by atoms with Gasteiger partial charge in [-0.25, -0.2) is 4.98 Å². The van der Waals surface area contributed by atoms with E-state index in [1.165, 1.54) is 0 Å². The number of aryl methyl sites for hydroxylation is 2. The van der Waals surface area contributed by atoms with Crippen LogP contribution >= 0.6 is 0 Å². The van der Waals surface area contributed by atoms with Crippen molar-refractivity contribution in [2.45, 2.75) is 20.4 Å². The lowest BCUT2D eigenvalue weighted by Gasteiger charge is -2.06. The molecule has 4 aromatic rings. The number of benzene rings is 2. The summed E-state index contributed by atoms with van der Waals surface area (Å²) >= 11 is 0. The highest BCUT2D eigenvalue weighted by Gasteiger charge is 2.13. The van der Waals surface area contributed by atoms with Crippen molar-refractivity contribution in [1.29, 1.82) is 5.26 Å². The number of nitriles is 1. The maximum Gasteiger partial charge on any atom is 0.255 e. The fourth-order valence-corrected chi connectivity index (χ4v) is 3.00. The number of aromatic nitrogens is 3. The van der Waals surface area contributed by atoms with Gasteiger partial charge in [-0.15, -0.1) is 0 Å². The van der Waals surface area contributed by atoms with Gasteiger partial charge in [0.15, 0.2) is 0 Å². The van der Waals surface area contributed by atoms with Gasteiger partial charge in [0.2, 0.25) is 5.89 Å². The third kappa shape index (κ3) is 4.13. The summed E-state index contributed by atoms with van der Waals surface area (Å²) in [5, 5.41) is 16.0. The predicted octanol–water partition coefficient (Wildman–Crippen LogP) is 4.33. The predicted molar refractivity (Wildman–Crippen MR) is 112 cm³/mol. The van der Waals surface area contributed by atoms with Gasteiger partial charge in [0.05, 0.1) is 24.4 Å². The van der Waals surface area contributed by atoms with Crippen LogP contribution in [-0.2, 0) is 6.54 Å². The molecule has 1 amide bonds. The Bertz CT molecular complexity index is 1230. The van der Waals surface area contributed by atoms with Crippen molar-refractivity contribution in [3.8, 4) is 17.5 Å². The van der Waals surface area contributed by atoms with Crippen molar-refractivity contribution < 1.29 is 9.21 Å². The summed E-state index contributed by atoms with van der Waals surface area (Å²) in [7, 11) is 0. The zero-order valence-electron chi connectivity index (χ0n) is 16.6. The lowest BCUT2D eigenvalue weighted by molar-refractivity contribution is 0.102. The van der Waals surface area contributed by atoms with Gasteiger partial charge in [-0.3, -0.25) is 9.48 Å². The van der Waals surface area contributed by atoms with Gasteiger partial charge in [-0.2, -0.15) is 10.4 Å². The monoisotopic (exact) mass is 397 g/mol. The fraction of sp³-hybridized carbons (Fsp3) is 0.130. The minimum atomic E-state index is -0.240. The largest absolute Gasteiger partial charge is 0.441 e. The maximum absolute atomic E-state index is 12.4. The molecule has 0 aliphatic rings. The number of hydrogen-bond acceptors (Lipinski definition) is 5. The van der Waals surface area contributed by atoms with Crippen molar-refractivity contribution in [3.05, 3.63) is 89.1 Å². The van der Waals surface area contributed by atoms with Crippen LogP contribution in [0, 0.1) is 25.2 Å². The minimum Gasteiger partial charge on any atom is -0.441 e. The standard InChI is InChI=1S/C23H19N5O2/c1-15-12-25-28(13-15)14-21-16(2)30-23(27-21)19-7-9-20(10-8-19)26-22(29)18-5-3-17(11-24)4-6-18/h3-10,12-13H,14H2,1-2H3,(H,26,29). The molecule has 2 heterocycles. The second-order valence-corrected chi connectivity index (χ2v) is 6.96. The molecule has 148 valence electrons. The molecule has 7 heteroatoms. The SMILES string of the molecule is Cc1cnn(Cc2nc(-c3ccc(NC(=O)c4ccc(C#N)cc4)cc3)oc2C)c1. The van der Waals surface area contributed by atoms with E-state index in [0.29, 0.717) is 29.2 Å². The number of oxazole rings is 1. The van der Waals surface area contributed by atoms with Gasteiger partial charge >= 0.3 is 0 Å². The van der Waals surface area contributed by atoms with E-state index >= 15 is 0 Å². The molecule has 0 spiro atoms. The van der Waals surface area contributed by atoms with E-state index in [9.17, 15) is 4.79 Å². The lowest BCUT2D eigenvalue weighted by Crippen LogP contribution is -2.11. The Morgan fingerprint density at radius 3 is 2.50 bits per heavy atom. The molecule has 0 bridgehead atoms. The number of anilines is 1. The van der Waals surface area contributed by atoms with Crippen molar-refractivity contribution in [1.82, 2.24) is 14.8 Å². The number of carbonyl (C=O) groups excluding carboxylic acids is 1. The van der Waals surface area contributed by atoms with Gasteiger partial charge in [0, 0.05) is 23.0 Å². The van der Waals surface area contributed by atoms with Crippen molar-refractivity contribution in [2.75, 3.05) is 5.32 Å². The van der Waals surface area contributed by atoms with Gasteiger partial charge in [-0.05, 0) is 67.9 Å². The summed E-state index contributed by atoms with van der Waals surface area (Å²) in [6, 6.07) is 15.8. The van der Waals surface area contributed by atoms with Gasteiger partial charge < -0.3 is 9.73 Å². The number of nitrogens with zero attached hydrogens (tertiary/aromatic N) is 4. The Balaban J connectivity index is 1.46. The lowest BCUT2D eigenvalue weighted by atomic mass is 10.1. The van der Waals surface area contributed by atoms with Crippen LogP contribution in [0.25, 0.3) is 11.5 Å². The molecule has 2 aromatic carbocycles. The molecular formula is C23H19N5O2. The van der Waals surface area contributed by atoms with Crippen molar-refractivity contribution in [3.63, 3.8) is 0 Å². The minimum absolute atomic E-state index is 0.240. The summed E-state index contributed by atoms with van der Waals surface area (Å²) < 4.78 is 7.65. The molecule has 30 heavy (non-hydrogen) atoms. The normalized spacial score (nSPS) is 10.6. The van der Waals surface area contributed by atoms with Crippen LogP contribution in [0.4, 0.5) is 5.69 Å². The Labute approximate surface area is 173 Å². The molecule has 0 aliphatic heterocycles. The van der Waals surface area contributed by atoms with E-state index in [2.05, 4.69) is 15.4 Å². The van der Waals surface area contributed by atoms with E-state index in [1.54, 1.807) is 42.6 Å². The number of amides is 1. The second kappa shape index (κ2) is 8.05. The number of nitrogens with one attached hydrogen (secondary N) is 1. The smallest absolute Gasteiger partial charge is 0.255 e. The Morgan fingerprint density at radius 2 is 1.87 bits per heavy atom. The highest BCUT2D eigenvalue weighted by Crippen LogP contribution is 2.24. The Kier molecular flexibility index (Phi) is 5.14. The molecule has 2 aromatic heterocycles. The first-order valence-electron chi connectivity index (χ1n) is 9.39. The Hall–Kier alpha value is -4.18. The van der Waals surface area contributed by atoms with Crippen LogP contribution in [0.2, 0.25) is 0 Å². The topological polar surface area (TPSA) is 96.7 Å². The third-order valence-electron chi connectivity index (χ3n) is 4.63. The highest BCUT2D eigenvalue weighted by molar-refractivity contribution is 6.04. The Morgan fingerprint density at radius 1 is 1.13 bits per heavy atom. The van der Waals surface area contributed by atoms with Crippen molar-refractivity contribution in [2.24, 2.45) is 0 Å². The molecule has 0 atom stereocenters. The first-order chi connectivity index (χ1) is 14.5. The number of carbonyl (C=O) groups is 1. The summed E-state index contributed by atoms with van der Waals surface area (Å²) in [5.41, 5.74) is 4.39. The quantitative estimate of drug-likeness (QED) is 0.541. The van der Waals surface area contributed by atoms with Gasteiger partial charge in [-0.1, -0.05) is 0 Å². The van der Waals surface area contributed by atoms with Crippen LogP contribution in [0.3, 0.4) is 0 Å². The van der Waals surface area contributed by atoms with Gasteiger partial charge in [0.25, 0.3) is 5.91 Å². The van der Waals surface area contributed by atoms with Crippen LogP contribution in [0.1, 0.15) is 32.9 Å². The molecule has 0 aliphatic carbocycles.